The van der Waals surface area contributed by atoms with Crippen LogP contribution in [-0.2, 0) is 4.79 Å². The van der Waals surface area contributed by atoms with Gasteiger partial charge in [-0.05, 0) is 35.2 Å². The van der Waals surface area contributed by atoms with Crippen LogP contribution in [0.15, 0.2) is 33.7 Å². The fraction of sp³-hybridized carbons (Fsp3) is 0.375. The van der Waals surface area contributed by atoms with Gasteiger partial charge in [0.1, 0.15) is 0 Å². The first-order valence-corrected chi connectivity index (χ1v) is 9.27. The summed E-state index contributed by atoms with van der Waals surface area (Å²) in [5.41, 5.74) is 1.74. The van der Waals surface area contributed by atoms with Crippen molar-refractivity contribution in [3.05, 3.63) is 39.2 Å². The number of carbonyl (C=O) groups excluding carboxylic acids is 2. The van der Waals surface area contributed by atoms with E-state index in [4.69, 9.17) is 0 Å². The molecule has 4 nitrogen and oxygen atoms in total. The monoisotopic (exact) mass is 332 g/mol. The molecule has 2 atom stereocenters. The first-order chi connectivity index (χ1) is 10.7. The van der Waals surface area contributed by atoms with E-state index >= 15 is 0 Å². The standard InChI is InChI=1S/C16H16N2O2S2/c19-15(12-2-5-21-9-12)17-7-11-1-4-18(13-3-6-22-10-13)16(20)14(11)8-17/h2-3,5-6,9-11,14H,1,4,7-8H2/t11-,14-/m1/s1. The zero-order chi connectivity index (χ0) is 15.1. The minimum atomic E-state index is -0.0452. The van der Waals surface area contributed by atoms with E-state index in [2.05, 4.69) is 0 Å². The molecule has 2 aromatic heterocycles. The number of fused-ring (bicyclic) bond motifs is 1. The molecule has 0 radical (unpaired) electrons. The summed E-state index contributed by atoms with van der Waals surface area (Å²) in [5.74, 6) is 0.502. The summed E-state index contributed by atoms with van der Waals surface area (Å²) in [6.45, 7) is 2.03. The number of piperidine rings is 1. The van der Waals surface area contributed by atoms with E-state index in [0.717, 1.165) is 24.2 Å². The first kappa shape index (κ1) is 14.0. The van der Waals surface area contributed by atoms with E-state index < -0.39 is 0 Å². The molecule has 6 heteroatoms. The average Bonchev–Trinajstić information content (AvgIpc) is 3.27. The Bertz CT molecular complexity index is 681. The lowest BCUT2D eigenvalue weighted by atomic mass is 9.88. The number of anilines is 1. The van der Waals surface area contributed by atoms with Crippen LogP contribution < -0.4 is 4.90 Å². The number of likely N-dealkylation sites (tertiary alicyclic amines) is 1. The van der Waals surface area contributed by atoms with E-state index in [1.54, 1.807) is 11.3 Å². The first-order valence-electron chi connectivity index (χ1n) is 7.39. The number of rotatable bonds is 2. The highest BCUT2D eigenvalue weighted by atomic mass is 32.1. The highest BCUT2D eigenvalue weighted by Crippen LogP contribution is 2.35. The van der Waals surface area contributed by atoms with Crippen LogP contribution in [0.5, 0.6) is 0 Å². The summed E-state index contributed by atoms with van der Waals surface area (Å²) in [5, 5.41) is 7.81. The maximum absolute atomic E-state index is 12.8. The van der Waals surface area contributed by atoms with Crippen LogP contribution in [0.1, 0.15) is 16.8 Å². The Kier molecular flexibility index (Phi) is 3.50. The van der Waals surface area contributed by atoms with Gasteiger partial charge in [-0.3, -0.25) is 9.59 Å². The Morgan fingerprint density at radius 3 is 2.68 bits per heavy atom. The van der Waals surface area contributed by atoms with Crippen molar-refractivity contribution in [1.29, 1.82) is 0 Å². The molecule has 0 aliphatic carbocycles. The van der Waals surface area contributed by atoms with Crippen LogP contribution >= 0.6 is 22.7 Å². The Morgan fingerprint density at radius 2 is 1.95 bits per heavy atom. The van der Waals surface area contributed by atoms with Crippen LogP contribution in [0.4, 0.5) is 5.69 Å². The van der Waals surface area contributed by atoms with Crippen LogP contribution in [0, 0.1) is 11.8 Å². The van der Waals surface area contributed by atoms with Gasteiger partial charge >= 0.3 is 0 Å². The third kappa shape index (κ3) is 2.27. The van der Waals surface area contributed by atoms with Crippen molar-refractivity contribution in [1.82, 2.24) is 4.90 Å². The van der Waals surface area contributed by atoms with Crippen LogP contribution in [0.25, 0.3) is 0 Å². The second-order valence-corrected chi connectivity index (χ2v) is 7.41. The number of hydrogen-bond donors (Lipinski definition) is 0. The maximum atomic E-state index is 12.8. The van der Waals surface area contributed by atoms with E-state index in [0.29, 0.717) is 19.0 Å². The molecule has 0 spiro atoms. The summed E-state index contributed by atoms with van der Waals surface area (Å²) >= 11 is 3.14. The van der Waals surface area contributed by atoms with Gasteiger partial charge in [-0.25, -0.2) is 0 Å². The lowest BCUT2D eigenvalue weighted by Crippen LogP contribution is -2.45. The highest BCUT2D eigenvalue weighted by Gasteiger charge is 2.44. The molecule has 4 rings (SSSR count). The van der Waals surface area contributed by atoms with Gasteiger partial charge in [-0.2, -0.15) is 22.7 Å². The van der Waals surface area contributed by atoms with Crippen molar-refractivity contribution in [2.75, 3.05) is 24.5 Å². The smallest absolute Gasteiger partial charge is 0.254 e. The van der Waals surface area contributed by atoms with Crippen molar-refractivity contribution in [3.63, 3.8) is 0 Å². The molecule has 0 bridgehead atoms. The van der Waals surface area contributed by atoms with Crippen LogP contribution in [0.2, 0.25) is 0 Å². The molecule has 0 saturated carbocycles. The number of thiophene rings is 2. The molecular weight excluding hydrogens is 316 g/mol. The maximum Gasteiger partial charge on any atom is 0.254 e. The number of carbonyl (C=O) groups is 2. The van der Waals surface area contributed by atoms with Crippen molar-refractivity contribution >= 4 is 40.2 Å². The van der Waals surface area contributed by atoms with E-state index in [-0.39, 0.29) is 17.7 Å². The topological polar surface area (TPSA) is 40.6 Å². The summed E-state index contributed by atoms with van der Waals surface area (Å²) in [7, 11) is 0. The second kappa shape index (κ2) is 5.52. The van der Waals surface area contributed by atoms with Crippen LogP contribution in [-0.4, -0.2) is 36.3 Å². The molecule has 22 heavy (non-hydrogen) atoms. The molecule has 2 saturated heterocycles. The molecule has 2 aliphatic heterocycles. The Labute approximate surface area is 137 Å². The van der Waals surface area contributed by atoms with Gasteiger partial charge in [-0.15, -0.1) is 0 Å². The van der Waals surface area contributed by atoms with Gasteiger partial charge < -0.3 is 9.80 Å². The SMILES string of the molecule is O=C(c1ccsc1)N1C[C@H]2CCN(c3ccsc3)C(=O)[C@@H]2C1. The lowest BCUT2D eigenvalue weighted by Gasteiger charge is -2.33. The zero-order valence-corrected chi connectivity index (χ0v) is 13.6. The molecule has 0 aromatic carbocycles. The van der Waals surface area contributed by atoms with Crippen LogP contribution in [0.3, 0.4) is 0 Å². The normalized spacial score (nSPS) is 24.6. The third-order valence-electron chi connectivity index (χ3n) is 4.62. The lowest BCUT2D eigenvalue weighted by molar-refractivity contribution is -0.124. The summed E-state index contributed by atoms with van der Waals surface area (Å²) in [4.78, 5) is 29.0. The van der Waals surface area contributed by atoms with Crippen molar-refractivity contribution in [2.45, 2.75) is 6.42 Å². The minimum Gasteiger partial charge on any atom is -0.338 e. The Hall–Kier alpha value is -1.66. The largest absolute Gasteiger partial charge is 0.338 e. The quantitative estimate of drug-likeness (QED) is 0.848. The molecule has 0 unspecified atom stereocenters. The fourth-order valence-electron chi connectivity index (χ4n) is 3.45. The predicted molar refractivity (Wildman–Crippen MR) is 88.5 cm³/mol. The summed E-state index contributed by atoms with van der Waals surface area (Å²) in [6.07, 6.45) is 0.972. The third-order valence-corrected chi connectivity index (χ3v) is 5.97. The Morgan fingerprint density at radius 1 is 1.14 bits per heavy atom. The molecule has 4 heterocycles. The molecule has 114 valence electrons. The summed E-state index contributed by atoms with van der Waals surface area (Å²) < 4.78 is 0. The zero-order valence-electron chi connectivity index (χ0n) is 12.0. The molecule has 2 aliphatic rings. The predicted octanol–water partition coefficient (Wildman–Crippen LogP) is 2.93. The second-order valence-electron chi connectivity index (χ2n) is 5.85. The van der Waals surface area contributed by atoms with Gasteiger partial charge in [0.05, 0.1) is 17.2 Å². The van der Waals surface area contributed by atoms with Crippen molar-refractivity contribution in [3.8, 4) is 0 Å². The van der Waals surface area contributed by atoms with Gasteiger partial charge in [-0.1, -0.05) is 0 Å². The highest BCUT2D eigenvalue weighted by molar-refractivity contribution is 7.08. The minimum absolute atomic E-state index is 0.0452. The number of nitrogens with zero attached hydrogens (tertiary/aromatic N) is 2. The average molecular weight is 332 g/mol. The van der Waals surface area contributed by atoms with Gasteiger partial charge in [0.2, 0.25) is 5.91 Å². The molecule has 0 N–H and O–H groups in total. The molecule has 2 fully saturated rings. The van der Waals surface area contributed by atoms with Crippen molar-refractivity contribution in [2.24, 2.45) is 11.8 Å². The summed E-state index contributed by atoms with van der Waals surface area (Å²) in [6, 6.07) is 3.85. The van der Waals surface area contributed by atoms with Gasteiger partial charge in [0.25, 0.3) is 5.91 Å². The van der Waals surface area contributed by atoms with E-state index in [1.165, 1.54) is 11.3 Å². The van der Waals surface area contributed by atoms with Gasteiger partial charge in [0.15, 0.2) is 0 Å². The van der Waals surface area contributed by atoms with E-state index in [9.17, 15) is 9.59 Å². The van der Waals surface area contributed by atoms with E-state index in [1.807, 2.05) is 43.5 Å². The molecule has 2 aromatic rings. The van der Waals surface area contributed by atoms with Gasteiger partial charge in [0, 0.05) is 30.4 Å². The number of hydrogen-bond acceptors (Lipinski definition) is 4. The van der Waals surface area contributed by atoms with Crippen molar-refractivity contribution < 1.29 is 9.59 Å². The fourth-order valence-corrected chi connectivity index (χ4v) is 4.72. The Balaban J connectivity index is 1.51. The number of amides is 2. The molecule has 2 amide bonds. The molecular formula is C16H16N2O2S2.